The summed E-state index contributed by atoms with van der Waals surface area (Å²) in [5.74, 6) is -16.4. The molecule has 0 saturated heterocycles. The van der Waals surface area contributed by atoms with E-state index in [2.05, 4.69) is 26.3 Å². The molecule has 27 nitrogen and oxygen atoms in total. The fraction of sp³-hybridized carbons (Fsp3) is 0.512. The number of benzene rings is 1. The van der Waals surface area contributed by atoms with E-state index in [0.29, 0.717) is 17.7 Å². The highest BCUT2D eigenvalue weighted by Gasteiger charge is 2.36. The Hall–Kier alpha value is -7.33. The smallest absolute Gasteiger partial charge is 0.326 e. The van der Waals surface area contributed by atoms with Crippen molar-refractivity contribution in [3.8, 4) is 0 Å². The molecule has 0 aliphatic carbocycles. The quantitative estimate of drug-likeness (QED) is 0.0314. The van der Waals surface area contributed by atoms with Gasteiger partial charge < -0.3 is 79.2 Å². The molecule has 28 heteroatoms. The average Bonchev–Trinajstić information content (AvgIpc) is 3.67. The molecular formula is C41H58N10O17S. The largest absolute Gasteiger partial charge is 0.481 e. The SMILES string of the molecule is CSCC[C@H](NC(=O)[C@H](C)NC(=O)[C@H](CCCCN)NC(=O)[C@H](CC(=O)O)NC(=O)[C@H](CC(=O)O)NC(=O)[C@H](CC(=O)O)NC(=O)[C@H](CC(=O)O)NC(=O)[C@@H](N)Cc1c[nH]c2ccccc12)C(=O)O. The van der Waals surface area contributed by atoms with E-state index in [-0.39, 0.29) is 32.2 Å². The summed E-state index contributed by atoms with van der Waals surface area (Å²) in [5.41, 5.74) is 13.0. The van der Waals surface area contributed by atoms with Crippen LogP contribution < -0.4 is 48.7 Å². The summed E-state index contributed by atoms with van der Waals surface area (Å²) in [6, 6.07) is -6.89. The van der Waals surface area contributed by atoms with Crippen LogP contribution in [0.25, 0.3) is 10.9 Å². The number of unbranched alkanes of at least 4 members (excludes halogenated alkanes) is 1. The summed E-state index contributed by atoms with van der Waals surface area (Å²) in [6.07, 6.45) is -1.11. The third-order valence-corrected chi connectivity index (χ3v) is 10.7. The van der Waals surface area contributed by atoms with Gasteiger partial charge in [0.2, 0.25) is 41.4 Å². The van der Waals surface area contributed by atoms with Gasteiger partial charge in [-0.25, -0.2) is 4.79 Å². The lowest BCUT2D eigenvalue weighted by atomic mass is 10.0. The van der Waals surface area contributed by atoms with E-state index in [1.807, 2.05) is 16.0 Å². The van der Waals surface area contributed by atoms with Crippen molar-refractivity contribution in [2.45, 2.75) is 113 Å². The number of amides is 7. The number of fused-ring (bicyclic) bond motifs is 1. The second-order valence-electron chi connectivity index (χ2n) is 15.6. The van der Waals surface area contributed by atoms with Crippen LogP contribution in [0.3, 0.4) is 0 Å². The number of carboxylic acid groups (broad SMARTS) is 5. The third-order valence-electron chi connectivity index (χ3n) is 10.1. The van der Waals surface area contributed by atoms with Gasteiger partial charge in [-0.2, -0.15) is 11.8 Å². The minimum absolute atomic E-state index is 0.0637. The van der Waals surface area contributed by atoms with Gasteiger partial charge in [0.1, 0.15) is 42.3 Å². The topological polar surface area (TPSA) is 458 Å². The van der Waals surface area contributed by atoms with Crippen LogP contribution in [-0.2, 0) is 64.0 Å². The lowest BCUT2D eigenvalue weighted by molar-refractivity contribution is -0.145. The van der Waals surface area contributed by atoms with Crippen LogP contribution in [-0.4, -0.2) is 169 Å². The number of nitrogens with one attached hydrogen (secondary N) is 8. The zero-order valence-electron chi connectivity index (χ0n) is 37.5. The van der Waals surface area contributed by atoms with E-state index < -0.39 is 145 Å². The Morgan fingerprint density at radius 3 is 1.42 bits per heavy atom. The minimum Gasteiger partial charge on any atom is -0.481 e. The number of aromatic amines is 1. The number of H-pyrrole nitrogens is 1. The zero-order chi connectivity index (χ0) is 52.0. The van der Waals surface area contributed by atoms with Crippen LogP contribution in [0.4, 0.5) is 0 Å². The number of carboxylic acids is 5. The van der Waals surface area contributed by atoms with Gasteiger partial charge in [-0.1, -0.05) is 18.2 Å². The molecule has 17 N–H and O–H groups in total. The van der Waals surface area contributed by atoms with Gasteiger partial charge in [0.25, 0.3) is 0 Å². The van der Waals surface area contributed by atoms with Crippen LogP contribution in [0.1, 0.15) is 63.9 Å². The average molecular weight is 995 g/mol. The number of aromatic nitrogens is 1. The van der Waals surface area contributed by atoms with Gasteiger partial charge >= 0.3 is 29.8 Å². The standard InChI is InChI=1S/C41H58N10O17S/c1-19(34(60)47-25(41(67)68)10-12-69-2)45-36(62)24(9-5-6-11-42)46-37(63)27(15-31(54)55)49-39(65)29(17-33(58)59)51-40(66)28(16-32(56)57)50-38(64)26(14-30(52)53)48-35(61)22(43)13-20-18-44-23-8-4-3-7-21(20)23/h3-4,7-8,18-19,22,24-29,44H,5-6,9-17,42-43H2,1-2H3,(H,45,62)(H,46,63)(H,47,60)(H,48,61)(H,49,65)(H,50,64)(H,51,66)(H,52,53)(H,54,55)(H,56,57)(H,58,59)(H,67,68)/t19-,22-,24-,25-,26-,27-,28-,29-/m0/s1. The Labute approximate surface area is 397 Å². The van der Waals surface area contributed by atoms with Gasteiger partial charge in [-0.05, 0) is 69.2 Å². The molecule has 0 radical (unpaired) electrons. The normalized spacial score (nSPS) is 14.4. The first-order chi connectivity index (χ1) is 32.5. The minimum atomic E-state index is -2.21. The lowest BCUT2D eigenvalue weighted by Gasteiger charge is -2.26. The molecule has 7 amide bonds. The van der Waals surface area contributed by atoms with Crippen molar-refractivity contribution in [2.24, 2.45) is 11.5 Å². The highest BCUT2D eigenvalue weighted by molar-refractivity contribution is 7.98. The molecule has 1 aromatic carbocycles. The van der Waals surface area contributed by atoms with Crippen molar-refractivity contribution in [2.75, 3.05) is 18.6 Å². The highest BCUT2D eigenvalue weighted by Crippen LogP contribution is 2.19. The maximum atomic E-state index is 13.6. The van der Waals surface area contributed by atoms with Gasteiger partial charge in [0.05, 0.1) is 31.7 Å². The Bertz CT molecular complexity index is 2210. The first-order valence-electron chi connectivity index (χ1n) is 21.2. The number of rotatable bonds is 32. The lowest BCUT2D eigenvalue weighted by Crippen LogP contribution is -2.60. The fourth-order valence-corrected chi connectivity index (χ4v) is 6.94. The number of hydrogen-bond acceptors (Lipinski definition) is 15. The highest BCUT2D eigenvalue weighted by atomic mass is 32.2. The van der Waals surface area contributed by atoms with Crippen molar-refractivity contribution >= 4 is 93.9 Å². The summed E-state index contributed by atoms with van der Waals surface area (Å²) in [7, 11) is 0. The van der Waals surface area contributed by atoms with E-state index >= 15 is 0 Å². The zero-order valence-corrected chi connectivity index (χ0v) is 38.3. The van der Waals surface area contributed by atoms with Gasteiger partial charge in [-0.3, -0.25) is 52.7 Å². The monoisotopic (exact) mass is 994 g/mol. The molecule has 2 aromatic rings. The van der Waals surface area contributed by atoms with Crippen LogP contribution in [0.15, 0.2) is 30.5 Å². The molecular weight excluding hydrogens is 937 g/mol. The number of nitrogens with two attached hydrogens (primary N) is 2. The van der Waals surface area contributed by atoms with Crippen molar-refractivity contribution in [3.05, 3.63) is 36.0 Å². The van der Waals surface area contributed by atoms with Crippen molar-refractivity contribution in [1.82, 2.24) is 42.2 Å². The maximum Gasteiger partial charge on any atom is 0.326 e. The predicted molar refractivity (Wildman–Crippen MR) is 242 cm³/mol. The summed E-state index contributed by atoms with van der Waals surface area (Å²) in [6.45, 7) is 1.38. The third kappa shape index (κ3) is 20.2. The van der Waals surface area contributed by atoms with Crippen molar-refractivity contribution in [1.29, 1.82) is 0 Å². The Morgan fingerprint density at radius 1 is 0.565 bits per heavy atom. The number of aliphatic carboxylic acids is 5. The van der Waals surface area contributed by atoms with Crippen LogP contribution in [0.2, 0.25) is 0 Å². The van der Waals surface area contributed by atoms with Gasteiger partial charge in [0.15, 0.2) is 0 Å². The Balaban J connectivity index is 2.29. The van der Waals surface area contributed by atoms with Gasteiger partial charge in [0, 0.05) is 17.1 Å². The van der Waals surface area contributed by atoms with E-state index in [0.717, 1.165) is 10.9 Å². The molecule has 0 aliphatic rings. The first-order valence-corrected chi connectivity index (χ1v) is 22.6. The molecule has 0 aliphatic heterocycles. The molecule has 2 rings (SSSR count). The molecule has 0 saturated carbocycles. The number of thioether (sulfide) groups is 1. The number of carbonyl (C=O) groups excluding carboxylic acids is 7. The summed E-state index contributed by atoms with van der Waals surface area (Å²) >= 11 is 1.33. The van der Waals surface area contributed by atoms with E-state index in [4.69, 9.17) is 11.5 Å². The van der Waals surface area contributed by atoms with Crippen molar-refractivity contribution in [3.63, 3.8) is 0 Å². The molecule has 1 heterocycles. The van der Waals surface area contributed by atoms with E-state index in [9.17, 15) is 83.1 Å². The molecule has 0 fully saturated rings. The van der Waals surface area contributed by atoms with Gasteiger partial charge in [-0.15, -0.1) is 0 Å². The molecule has 0 bridgehead atoms. The fourth-order valence-electron chi connectivity index (χ4n) is 6.46. The predicted octanol–water partition coefficient (Wildman–Crippen LogP) is -3.68. The van der Waals surface area contributed by atoms with Crippen LogP contribution in [0.5, 0.6) is 0 Å². The molecule has 8 atom stereocenters. The summed E-state index contributed by atoms with van der Waals surface area (Å²) in [5, 5.41) is 63.4. The maximum absolute atomic E-state index is 13.6. The number of hydrogen-bond donors (Lipinski definition) is 15. The summed E-state index contributed by atoms with van der Waals surface area (Å²) in [4.78, 5) is 155. The van der Waals surface area contributed by atoms with Crippen molar-refractivity contribution < 1.29 is 83.1 Å². The molecule has 0 spiro atoms. The van der Waals surface area contributed by atoms with Crippen LogP contribution >= 0.6 is 11.8 Å². The van der Waals surface area contributed by atoms with Crippen LogP contribution in [0, 0.1) is 0 Å². The summed E-state index contributed by atoms with van der Waals surface area (Å²) < 4.78 is 0. The number of carbonyl (C=O) groups is 12. The molecule has 69 heavy (non-hydrogen) atoms. The molecule has 0 unspecified atom stereocenters. The second-order valence-corrected chi connectivity index (χ2v) is 16.5. The van der Waals surface area contributed by atoms with E-state index in [1.54, 1.807) is 36.7 Å². The second kappa shape index (κ2) is 28.8. The Kier molecular flexibility index (Phi) is 24.1. The number of para-hydroxylation sites is 1. The molecule has 380 valence electrons. The Morgan fingerprint density at radius 2 is 0.986 bits per heavy atom. The molecule has 1 aromatic heterocycles. The first kappa shape index (κ1) is 57.8. The van der Waals surface area contributed by atoms with E-state index in [1.165, 1.54) is 18.7 Å².